The minimum absolute atomic E-state index is 0.0205. The summed E-state index contributed by atoms with van der Waals surface area (Å²) in [6, 6.07) is 0.376. The number of hydrogen-bond donors (Lipinski definition) is 1. The molecule has 0 radical (unpaired) electrons. The lowest BCUT2D eigenvalue weighted by Crippen LogP contribution is -2.49. The van der Waals surface area contributed by atoms with Gasteiger partial charge in [0.15, 0.2) is 0 Å². The Hall–Kier alpha value is -1.06. The first kappa shape index (κ1) is 14.4. The van der Waals surface area contributed by atoms with Crippen molar-refractivity contribution in [2.24, 2.45) is 17.3 Å². The zero-order valence-electron chi connectivity index (χ0n) is 12.5. The number of amides is 2. The fraction of sp³-hybridized carbons (Fsp3) is 0.867. The predicted molar refractivity (Wildman–Crippen MR) is 74.5 cm³/mol. The van der Waals surface area contributed by atoms with Crippen LogP contribution in [0.15, 0.2) is 0 Å². The topological polar surface area (TPSA) is 49.4 Å². The van der Waals surface area contributed by atoms with Crippen LogP contribution in [-0.2, 0) is 9.59 Å². The van der Waals surface area contributed by atoms with Crippen LogP contribution in [0.25, 0.3) is 0 Å². The number of carbonyl (C=O) groups excluding carboxylic acids is 2. The van der Waals surface area contributed by atoms with Gasteiger partial charge in [-0.1, -0.05) is 27.7 Å². The molecule has 19 heavy (non-hydrogen) atoms. The molecule has 0 bridgehead atoms. The summed E-state index contributed by atoms with van der Waals surface area (Å²) in [4.78, 5) is 26.3. The third kappa shape index (κ3) is 3.48. The molecule has 2 fully saturated rings. The summed E-state index contributed by atoms with van der Waals surface area (Å²) in [7, 11) is 0. The summed E-state index contributed by atoms with van der Waals surface area (Å²) >= 11 is 0. The van der Waals surface area contributed by atoms with Crippen LogP contribution in [0.2, 0.25) is 0 Å². The second-order valence-corrected chi connectivity index (χ2v) is 7.17. The van der Waals surface area contributed by atoms with Gasteiger partial charge in [-0.25, -0.2) is 0 Å². The number of likely N-dealkylation sites (tertiary alicyclic amines) is 1. The van der Waals surface area contributed by atoms with Crippen molar-refractivity contribution in [1.29, 1.82) is 0 Å². The second kappa shape index (κ2) is 5.14. The van der Waals surface area contributed by atoms with Crippen LogP contribution in [0.5, 0.6) is 0 Å². The molecule has 108 valence electrons. The van der Waals surface area contributed by atoms with Crippen LogP contribution >= 0.6 is 0 Å². The van der Waals surface area contributed by atoms with Gasteiger partial charge < -0.3 is 10.2 Å². The minimum Gasteiger partial charge on any atom is -0.353 e. The van der Waals surface area contributed by atoms with Crippen LogP contribution in [0.1, 0.15) is 47.0 Å². The van der Waals surface area contributed by atoms with Crippen molar-refractivity contribution in [1.82, 2.24) is 10.2 Å². The maximum Gasteiger partial charge on any atom is 0.227 e. The van der Waals surface area contributed by atoms with Crippen LogP contribution < -0.4 is 5.32 Å². The van der Waals surface area contributed by atoms with E-state index in [1.165, 1.54) is 0 Å². The van der Waals surface area contributed by atoms with Gasteiger partial charge in [-0.05, 0) is 25.2 Å². The van der Waals surface area contributed by atoms with Gasteiger partial charge in [0.1, 0.15) is 0 Å². The van der Waals surface area contributed by atoms with Crippen molar-refractivity contribution in [3.8, 4) is 0 Å². The van der Waals surface area contributed by atoms with Crippen molar-refractivity contribution >= 4 is 11.8 Å². The molecule has 1 saturated carbocycles. The minimum atomic E-state index is -0.358. The Morgan fingerprint density at radius 3 is 2.42 bits per heavy atom. The van der Waals surface area contributed by atoms with Gasteiger partial charge in [0.25, 0.3) is 0 Å². The van der Waals surface area contributed by atoms with E-state index in [1.807, 2.05) is 25.7 Å². The molecule has 3 unspecified atom stereocenters. The molecular weight excluding hydrogens is 240 g/mol. The lowest BCUT2D eigenvalue weighted by atomic mass is 9.91. The standard InChI is InChI=1S/C15H26N2O2/c1-10-8-12(10)16-13(18)11-6-5-7-17(9-11)14(19)15(2,3)4/h10-12H,5-9H2,1-4H3,(H,16,18). The first-order chi connectivity index (χ1) is 8.79. The van der Waals surface area contributed by atoms with E-state index in [9.17, 15) is 9.59 Å². The molecule has 0 spiro atoms. The SMILES string of the molecule is CC1CC1NC(=O)C1CCCN(C(=O)C(C)(C)C)C1. The van der Waals surface area contributed by atoms with Gasteiger partial charge in [0.2, 0.25) is 11.8 Å². The van der Waals surface area contributed by atoms with E-state index in [-0.39, 0.29) is 23.1 Å². The number of hydrogen-bond acceptors (Lipinski definition) is 2. The van der Waals surface area contributed by atoms with E-state index in [0.29, 0.717) is 18.5 Å². The number of piperidine rings is 1. The van der Waals surface area contributed by atoms with Crippen molar-refractivity contribution in [3.63, 3.8) is 0 Å². The average Bonchev–Trinajstić information content (AvgIpc) is 3.03. The molecule has 0 aromatic rings. The largest absolute Gasteiger partial charge is 0.353 e. The van der Waals surface area contributed by atoms with E-state index in [4.69, 9.17) is 0 Å². The molecule has 0 aromatic heterocycles. The Morgan fingerprint density at radius 2 is 1.89 bits per heavy atom. The molecule has 2 amide bonds. The molecular formula is C15H26N2O2. The quantitative estimate of drug-likeness (QED) is 0.828. The molecule has 1 aliphatic heterocycles. The summed E-state index contributed by atoms with van der Waals surface area (Å²) in [6.07, 6.45) is 2.93. The average molecular weight is 266 g/mol. The van der Waals surface area contributed by atoms with E-state index < -0.39 is 0 Å². The zero-order valence-corrected chi connectivity index (χ0v) is 12.5. The Labute approximate surface area is 115 Å². The van der Waals surface area contributed by atoms with E-state index >= 15 is 0 Å². The maximum absolute atomic E-state index is 12.3. The van der Waals surface area contributed by atoms with Crippen molar-refractivity contribution < 1.29 is 9.59 Å². The Bertz CT molecular complexity index is 373. The highest BCUT2D eigenvalue weighted by atomic mass is 16.2. The summed E-state index contributed by atoms with van der Waals surface area (Å²) in [5.41, 5.74) is -0.358. The Morgan fingerprint density at radius 1 is 1.26 bits per heavy atom. The molecule has 0 aromatic carbocycles. The molecule has 1 saturated heterocycles. The lowest BCUT2D eigenvalue weighted by Gasteiger charge is -2.35. The first-order valence-electron chi connectivity index (χ1n) is 7.39. The summed E-state index contributed by atoms with van der Waals surface area (Å²) in [6.45, 7) is 9.34. The summed E-state index contributed by atoms with van der Waals surface area (Å²) in [5.74, 6) is 0.901. The van der Waals surface area contributed by atoms with Crippen LogP contribution in [0, 0.1) is 17.3 Å². The van der Waals surface area contributed by atoms with Gasteiger partial charge >= 0.3 is 0 Å². The fourth-order valence-corrected chi connectivity index (χ4v) is 2.67. The number of carbonyl (C=O) groups is 2. The van der Waals surface area contributed by atoms with Gasteiger partial charge in [-0.15, -0.1) is 0 Å². The highest BCUT2D eigenvalue weighted by molar-refractivity contribution is 5.84. The van der Waals surface area contributed by atoms with Crippen LogP contribution in [-0.4, -0.2) is 35.8 Å². The first-order valence-corrected chi connectivity index (χ1v) is 7.39. The molecule has 2 aliphatic rings. The molecule has 1 N–H and O–H groups in total. The monoisotopic (exact) mass is 266 g/mol. The van der Waals surface area contributed by atoms with Gasteiger partial charge in [0, 0.05) is 24.5 Å². The van der Waals surface area contributed by atoms with Crippen molar-refractivity contribution in [2.75, 3.05) is 13.1 Å². The molecule has 3 atom stereocenters. The Balaban J connectivity index is 1.89. The maximum atomic E-state index is 12.3. The molecule has 2 rings (SSSR count). The molecule has 1 aliphatic carbocycles. The predicted octanol–water partition coefficient (Wildman–Crippen LogP) is 1.80. The normalized spacial score (nSPS) is 30.9. The second-order valence-electron chi connectivity index (χ2n) is 7.17. The van der Waals surface area contributed by atoms with E-state index in [0.717, 1.165) is 25.8 Å². The summed E-state index contributed by atoms with van der Waals surface area (Å²) < 4.78 is 0. The zero-order chi connectivity index (χ0) is 14.2. The van der Waals surface area contributed by atoms with Crippen LogP contribution in [0.3, 0.4) is 0 Å². The highest BCUT2D eigenvalue weighted by Gasteiger charge is 2.38. The third-order valence-electron chi connectivity index (χ3n) is 4.16. The Kier molecular flexibility index (Phi) is 3.88. The third-order valence-corrected chi connectivity index (χ3v) is 4.16. The van der Waals surface area contributed by atoms with E-state index in [1.54, 1.807) is 0 Å². The van der Waals surface area contributed by atoms with E-state index in [2.05, 4.69) is 12.2 Å². The van der Waals surface area contributed by atoms with Gasteiger partial charge in [-0.2, -0.15) is 0 Å². The highest BCUT2D eigenvalue weighted by Crippen LogP contribution is 2.30. The molecule has 4 heteroatoms. The van der Waals surface area contributed by atoms with Crippen molar-refractivity contribution in [3.05, 3.63) is 0 Å². The van der Waals surface area contributed by atoms with Crippen molar-refractivity contribution in [2.45, 2.75) is 53.0 Å². The van der Waals surface area contributed by atoms with Gasteiger partial charge in [-0.3, -0.25) is 9.59 Å². The van der Waals surface area contributed by atoms with Gasteiger partial charge in [0.05, 0.1) is 5.92 Å². The number of nitrogens with zero attached hydrogens (tertiary/aromatic N) is 1. The van der Waals surface area contributed by atoms with Crippen LogP contribution in [0.4, 0.5) is 0 Å². The number of rotatable bonds is 2. The number of nitrogens with one attached hydrogen (secondary N) is 1. The smallest absolute Gasteiger partial charge is 0.227 e. The summed E-state index contributed by atoms with van der Waals surface area (Å²) in [5, 5.41) is 3.09. The molecule has 4 nitrogen and oxygen atoms in total. The fourth-order valence-electron chi connectivity index (χ4n) is 2.67. The molecule has 1 heterocycles. The lowest BCUT2D eigenvalue weighted by molar-refractivity contribution is -0.142.